The largest absolute Gasteiger partial charge is 0.392 e. The summed E-state index contributed by atoms with van der Waals surface area (Å²) in [6.45, 7) is 5.03. The number of carbonyl (C=O) groups is 3. The summed E-state index contributed by atoms with van der Waals surface area (Å²) in [6.07, 6.45) is 0.364. The van der Waals surface area contributed by atoms with Crippen LogP contribution in [0.2, 0.25) is 0 Å². The lowest BCUT2D eigenvalue weighted by Gasteiger charge is -2.46. The van der Waals surface area contributed by atoms with Crippen molar-refractivity contribution in [2.75, 3.05) is 31.2 Å². The van der Waals surface area contributed by atoms with E-state index in [1.54, 1.807) is 24.3 Å². The molecule has 3 fully saturated rings. The van der Waals surface area contributed by atoms with Crippen LogP contribution in [0.25, 0.3) is 0 Å². The lowest BCUT2D eigenvalue weighted by Crippen LogP contribution is -2.57. The van der Waals surface area contributed by atoms with Crippen molar-refractivity contribution in [2.24, 2.45) is 5.92 Å². The standard InChI is InChI=1S/C41H42N4O6/c1-27-35(24-43-21-19-41(20-22-43)40(49)42-26-45(41)32-7-3-2-4-8-32)50-39(51-36(27)30-15-13-29(25-46)14-16-30)31-17-11-28(12-18-31)23-44-37(47)33-9-5-6-10-34(33)38(44)48/h2-18,27,35-36,39,46H,19-26H2,1H3,(H,42,49)/t27-,35+,36+,39+/m0/s1. The molecule has 4 aliphatic rings. The number of aliphatic hydroxyl groups is 1. The topological polar surface area (TPSA) is 112 Å². The molecule has 4 heterocycles. The minimum absolute atomic E-state index is 0.0146. The Balaban J connectivity index is 0.991. The van der Waals surface area contributed by atoms with Crippen molar-refractivity contribution in [1.29, 1.82) is 0 Å². The molecule has 1 spiro atoms. The van der Waals surface area contributed by atoms with E-state index in [4.69, 9.17) is 9.47 Å². The monoisotopic (exact) mass is 686 g/mol. The number of aliphatic hydroxyl groups excluding tert-OH is 1. The first kappa shape index (κ1) is 33.3. The number of anilines is 1. The van der Waals surface area contributed by atoms with Crippen molar-refractivity contribution < 1.29 is 29.0 Å². The number of imide groups is 1. The molecule has 4 aromatic carbocycles. The molecule has 0 saturated carbocycles. The minimum Gasteiger partial charge on any atom is -0.392 e. The molecule has 4 aliphatic heterocycles. The van der Waals surface area contributed by atoms with Gasteiger partial charge in [-0.1, -0.05) is 85.8 Å². The molecule has 0 aromatic heterocycles. The van der Waals surface area contributed by atoms with Crippen LogP contribution >= 0.6 is 0 Å². The fraction of sp³-hybridized carbons (Fsp3) is 0.341. The Morgan fingerprint density at radius 3 is 2.02 bits per heavy atom. The van der Waals surface area contributed by atoms with Crippen LogP contribution in [0.1, 0.15) is 75.1 Å². The molecular weight excluding hydrogens is 644 g/mol. The smallest absolute Gasteiger partial charge is 0.261 e. The van der Waals surface area contributed by atoms with Crippen molar-refractivity contribution in [3.63, 3.8) is 0 Å². The highest BCUT2D eigenvalue weighted by molar-refractivity contribution is 6.21. The summed E-state index contributed by atoms with van der Waals surface area (Å²) in [7, 11) is 0. The van der Waals surface area contributed by atoms with E-state index in [1.165, 1.54) is 4.90 Å². The van der Waals surface area contributed by atoms with Crippen LogP contribution in [0.15, 0.2) is 103 Å². The predicted octanol–water partition coefficient (Wildman–Crippen LogP) is 5.20. The van der Waals surface area contributed by atoms with E-state index >= 15 is 0 Å². The number of rotatable bonds is 8. The summed E-state index contributed by atoms with van der Waals surface area (Å²) in [4.78, 5) is 45.1. The number of piperidine rings is 1. The number of hydrogen-bond donors (Lipinski definition) is 2. The number of nitrogens with zero attached hydrogens (tertiary/aromatic N) is 3. The van der Waals surface area contributed by atoms with Gasteiger partial charge in [0.1, 0.15) is 5.54 Å². The molecule has 4 aromatic rings. The highest BCUT2D eigenvalue weighted by Gasteiger charge is 2.51. The fourth-order valence-electron chi connectivity index (χ4n) is 8.07. The molecule has 262 valence electrons. The maximum atomic E-state index is 13.3. The van der Waals surface area contributed by atoms with Gasteiger partial charge in [0.25, 0.3) is 11.8 Å². The van der Waals surface area contributed by atoms with Gasteiger partial charge in [-0.25, -0.2) is 0 Å². The zero-order valence-corrected chi connectivity index (χ0v) is 28.6. The Morgan fingerprint density at radius 1 is 0.765 bits per heavy atom. The molecule has 10 heteroatoms. The molecule has 0 aliphatic carbocycles. The van der Waals surface area contributed by atoms with Crippen molar-refractivity contribution in [3.8, 4) is 0 Å². The average molecular weight is 687 g/mol. The van der Waals surface area contributed by atoms with Gasteiger partial charge >= 0.3 is 0 Å². The normalized spacial score (nSPS) is 24.6. The SMILES string of the molecule is C[C@H]1[C@@H](CN2CCC3(CC2)C(=O)NCN3c2ccccc2)O[C@@H](c2ccc(CN3C(=O)c4ccccc4C3=O)cc2)O[C@H]1c1ccc(CO)cc1. The number of nitrogens with one attached hydrogen (secondary N) is 1. The number of benzene rings is 4. The van der Waals surface area contributed by atoms with Crippen LogP contribution in [0.4, 0.5) is 5.69 Å². The maximum Gasteiger partial charge on any atom is 0.261 e. The minimum atomic E-state index is -0.646. The molecule has 0 unspecified atom stereocenters. The second-order valence-corrected chi connectivity index (χ2v) is 14.1. The van der Waals surface area contributed by atoms with Crippen LogP contribution in [-0.2, 0) is 27.4 Å². The summed E-state index contributed by atoms with van der Waals surface area (Å²) in [5, 5.41) is 12.7. The van der Waals surface area contributed by atoms with E-state index in [1.807, 2.05) is 66.7 Å². The second kappa shape index (κ2) is 13.7. The van der Waals surface area contributed by atoms with Gasteiger partial charge < -0.3 is 29.7 Å². The van der Waals surface area contributed by atoms with Crippen LogP contribution in [0.5, 0.6) is 0 Å². The van der Waals surface area contributed by atoms with Crippen LogP contribution in [-0.4, -0.2) is 70.6 Å². The Hall–Kier alpha value is -4.87. The molecule has 3 amide bonds. The number of ether oxygens (including phenoxy) is 2. The first-order valence-electron chi connectivity index (χ1n) is 17.7. The summed E-state index contributed by atoms with van der Waals surface area (Å²) >= 11 is 0. The summed E-state index contributed by atoms with van der Waals surface area (Å²) in [5.74, 6) is -0.452. The van der Waals surface area contributed by atoms with Gasteiger partial charge in [-0.15, -0.1) is 0 Å². The van der Waals surface area contributed by atoms with Crippen molar-refractivity contribution in [1.82, 2.24) is 15.1 Å². The molecule has 2 N–H and O–H groups in total. The molecule has 8 rings (SSSR count). The van der Waals surface area contributed by atoms with Gasteiger partial charge in [0.15, 0.2) is 6.29 Å². The van der Waals surface area contributed by atoms with Gasteiger partial charge in [-0.2, -0.15) is 0 Å². The van der Waals surface area contributed by atoms with E-state index in [-0.39, 0.29) is 49.0 Å². The highest BCUT2D eigenvalue weighted by atomic mass is 16.7. The lowest BCUT2D eigenvalue weighted by atomic mass is 9.84. The number of carbonyl (C=O) groups excluding carboxylic acids is 3. The fourth-order valence-corrected chi connectivity index (χ4v) is 8.07. The third-order valence-electron chi connectivity index (χ3n) is 11.1. The Bertz CT molecular complexity index is 1870. The maximum absolute atomic E-state index is 13.3. The highest BCUT2D eigenvalue weighted by Crippen LogP contribution is 2.43. The molecule has 3 saturated heterocycles. The van der Waals surface area contributed by atoms with Gasteiger partial charge in [0.05, 0.1) is 43.2 Å². The molecule has 51 heavy (non-hydrogen) atoms. The van der Waals surface area contributed by atoms with Crippen LogP contribution in [0, 0.1) is 5.92 Å². The number of hydrogen-bond acceptors (Lipinski definition) is 8. The Labute approximate surface area is 297 Å². The van der Waals surface area contributed by atoms with Crippen LogP contribution in [0.3, 0.4) is 0 Å². The van der Waals surface area contributed by atoms with Gasteiger partial charge in [0, 0.05) is 36.8 Å². The van der Waals surface area contributed by atoms with Gasteiger partial charge in [-0.3, -0.25) is 19.3 Å². The van der Waals surface area contributed by atoms with Crippen LogP contribution < -0.4 is 10.2 Å². The number of fused-ring (bicyclic) bond motifs is 1. The zero-order valence-electron chi connectivity index (χ0n) is 28.6. The molecule has 10 nitrogen and oxygen atoms in total. The average Bonchev–Trinajstić information content (AvgIpc) is 3.61. The first-order valence-corrected chi connectivity index (χ1v) is 17.7. The van der Waals surface area contributed by atoms with Gasteiger partial charge in [-0.05, 0) is 53.8 Å². The van der Waals surface area contributed by atoms with Crippen molar-refractivity contribution in [3.05, 3.63) is 137 Å². The molecular formula is C41H42N4O6. The number of para-hydroxylation sites is 1. The summed E-state index contributed by atoms with van der Waals surface area (Å²) in [5.41, 5.74) is 4.88. The van der Waals surface area contributed by atoms with E-state index in [0.717, 1.165) is 53.9 Å². The Kier molecular flexibility index (Phi) is 8.93. The molecule has 0 bridgehead atoms. The molecule has 0 radical (unpaired) electrons. The van der Waals surface area contributed by atoms with E-state index in [2.05, 4.69) is 34.2 Å². The van der Waals surface area contributed by atoms with Crippen molar-refractivity contribution in [2.45, 2.75) is 57.0 Å². The quantitative estimate of drug-likeness (QED) is 0.244. The van der Waals surface area contributed by atoms with E-state index < -0.39 is 11.8 Å². The third kappa shape index (κ3) is 6.12. The molecule has 4 atom stereocenters. The Morgan fingerprint density at radius 2 is 1.37 bits per heavy atom. The summed E-state index contributed by atoms with van der Waals surface area (Å²) < 4.78 is 13.4. The first-order chi connectivity index (χ1) is 24.8. The zero-order chi connectivity index (χ0) is 35.1. The van der Waals surface area contributed by atoms with E-state index in [0.29, 0.717) is 24.3 Å². The second-order valence-electron chi connectivity index (χ2n) is 14.1. The lowest BCUT2D eigenvalue weighted by molar-refractivity contribution is -0.276. The van der Waals surface area contributed by atoms with Gasteiger partial charge in [0.2, 0.25) is 5.91 Å². The number of amides is 3. The predicted molar refractivity (Wildman–Crippen MR) is 190 cm³/mol. The summed E-state index contributed by atoms with van der Waals surface area (Å²) in [6, 6.07) is 32.7. The third-order valence-corrected chi connectivity index (χ3v) is 11.1. The number of likely N-dealkylation sites (tertiary alicyclic amines) is 1. The van der Waals surface area contributed by atoms with Crippen molar-refractivity contribution >= 4 is 23.4 Å². The van der Waals surface area contributed by atoms with E-state index in [9.17, 15) is 19.5 Å².